The first-order valence-electron chi connectivity index (χ1n) is 13.4. The molecule has 0 aliphatic heterocycles. The van der Waals surface area contributed by atoms with E-state index in [0.29, 0.717) is 23.1 Å². The van der Waals surface area contributed by atoms with Crippen LogP contribution >= 0.6 is 0 Å². The lowest BCUT2D eigenvalue weighted by Gasteiger charge is -2.39. The minimum absolute atomic E-state index is 0.176. The molecule has 41 heavy (non-hydrogen) atoms. The molecular formula is C34H36F6O. The molecule has 0 bridgehead atoms. The maximum atomic E-state index is 15.2. The molecule has 0 radical (unpaired) electrons. The van der Waals surface area contributed by atoms with Crippen LogP contribution in [0.4, 0.5) is 26.3 Å². The number of hydrogen-bond donors (Lipinski definition) is 0. The standard InChI is InChI=1S/C34H36F6O/c1-8-13-23(9-2)27-20-25(16-18-29(27)31(5,6)7)32(33(35,36)37,34(38,39)40)26-17-19-30(41-22(3)4)28(21-26)24-14-11-10-12-15-24/h8-9,11,13-22H,1-2,10,12H2,3-7H3/b23-13+. The number of alkyl halides is 6. The van der Waals surface area contributed by atoms with Gasteiger partial charge in [0.1, 0.15) is 5.75 Å². The van der Waals surface area contributed by atoms with Crippen LogP contribution in [-0.4, -0.2) is 18.5 Å². The highest BCUT2D eigenvalue weighted by molar-refractivity contribution is 5.80. The van der Waals surface area contributed by atoms with Gasteiger partial charge in [-0.05, 0) is 83.7 Å². The monoisotopic (exact) mass is 574 g/mol. The third kappa shape index (κ3) is 6.24. The summed E-state index contributed by atoms with van der Waals surface area (Å²) in [5.74, 6) is 0.214. The van der Waals surface area contributed by atoms with Crippen molar-refractivity contribution in [2.24, 2.45) is 0 Å². The molecule has 2 aromatic rings. The number of benzene rings is 2. The molecule has 1 aliphatic carbocycles. The third-order valence-corrected chi connectivity index (χ3v) is 7.02. The second-order valence-corrected chi connectivity index (χ2v) is 11.3. The van der Waals surface area contributed by atoms with Gasteiger partial charge in [-0.3, -0.25) is 0 Å². The molecule has 7 heteroatoms. The van der Waals surface area contributed by atoms with Gasteiger partial charge in [-0.2, -0.15) is 26.3 Å². The van der Waals surface area contributed by atoms with Gasteiger partial charge in [0.25, 0.3) is 0 Å². The van der Waals surface area contributed by atoms with Crippen molar-refractivity contribution in [1.82, 2.24) is 0 Å². The second-order valence-electron chi connectivity index (χ2n) is 11.3. The first kappa shape index (κ1) is 32.0. The fourth-order valence-corrected chi connectivity index (χ4v) is 5.21. The minimum Gasteiger partial charge on any atom is -0.490 e. The molecule has 220 valence electrons. The van der Waals surface area contributed by atoms with Gasteiger partial charge in [-0.25, -0.2) is 0 Å². The summed E-state index contributed by atoms with van der Waals surface area (Å²) in [7, 11) is 0. The molecule has 0 fully saturated rings. The van der Waals surface area contributed by atoms with E-state index in [-0.39, 0.29) is 23.0 Å². The topological polar surface area (TPSA) is 9.23 Å². The second kappa shape index (κ2) is 11.8. The molecule has 0 amide bonds. The normalized spacial score (nSPS) is 15.1. The van der Waals surface area contributed by atoms with Crippen molar-refractivity contribution in [3.05, 3.63) is 114 Å². The Morgan fingerprint density at radius 1 is 0.878 bits per heavy atom. The number of hydrogen-bond acceptors (Lipinski definition) is 1. The molecule has 1 nitrogen and oxygen atoms in total. The Bertz CT molecular complexity index is 1360. The number of halogens is 6. The molecule has 0 unspecified atom stereocenters. The number of ether oxygens (including phenoxy) is 1. The van der Waals surface area contributed by atoms with Crippen molar-refractivity contribution < 1.29 is 31.1 Å². The highest BCUT2D eigenvalue weighted by Gasteiger charge is 2.72. The SMILES string of the molecule is C=C/C=C(\C=C)c1cc(C(c2ccc(OC(C)C)c(C3=CCCC=C3)c2)(C(F)(F)F)C(F)(F)F)ccc1C(C)(C)C. The van der Waals surface area contributed by atoms with Crippen molar-refractivity contribution in [2.75, 3.05) is 0 Å². The van der Waals surface area contributed by atoms with E-state index < -0.39 is 34.3 Å². The summed E-state index contributed by atoms with van der Waals surface area (Å²) in [6, 6.07) is 6.35. The van der Waals surface area contributed by atoms with Crippen LogP contribution in [0.3, 0.4) is 0 Å². The van der Waals surface area contributed by atoms with Crippen LogP contribution in [0.1, 0.15) is 75.3 Å². The van der Waals surface area contributed by atoms with Gasteiger partial charge in [0.2, 0.25) is 5.41 Å². The Hall–Kier alpha value is -3.48. The summed E-state index contributed by atoms with van der Waals surface area (Å²) < 4.78 is 97.0. The average Bonchev–Trinajstić information content (AvgIpc) is 2.86. The highest BCUT2D eigenvalue weighted by Crippen LogP contribution is 2.57. The fraction of sp³-hybridized carbons (Fsp3) is 0.353. The lowest BCUT2D eigenvalue weighted by atomic mass is 9.70. The van der Waals surface area contributed by atoms with Gasteiger partial charge in [-0.15, -0.1) is 0 Å². The maximum absolute atomic E-state index is 15.2. The Morgan fingerprint density at radius 2 is 1.49 bits per heavy atom. The minimum atomic E-state index is -5.74. The molecule has 2 aromatic carbocycles. The van der Waals surface area contributed by atoms with E-state index in [0.717, 1.165) is 30.7 Å². The van der Waals surface area contributed by atoms with Crippen LogP contribution in [-0.2, 0) is 10.8 Å². The molecule has 0 aromatic heterocycles. The van der Waals surface area contributed by atoms with Crippen molar-refractivity contribution in [3.63, 3.8) is 0 Å². The summed E-state index contributed by atoms with van der Waals surface area (Å²) in [5, 5.41) is 0. The molecule has 0 heterocycles. The Labute approximate surface area is 238 Å². The van der Waals surface area contributed by atoms with Crippen LogP contribution in [0.15, 0.2) is 86.0 Å². The molecule has 0 N–H and O–H groups in total. The van der Waals surface area contributed by atoms with Gasteiger partial charge in [0.15, 0.2) is 0 Å². The summed E-state index contributed by atoms with van der Waals surface area (Å²) in [6.07, 6.45) is -0.822. The molecule has 0 atom stereocenters. The van der Waals surface area contributed by atoms with Crippen LogP contribution in [0.25, 0.3) is 11.1 Å². The van der Waals surface area contributed by atoms with Gasteiger partial charge < -0.3 is 4.74 Å². The van der Waals surface area contributed by atoms with Gasteiger partial charge in [0, 0.05) is 5.56 Å². The lowest BCUT2D eigenvalue weighted by Crippen LogP contribution is -2.55. The van der Waals surface area contributed by atoms with Crippen molar-refractivity contribution in [2.45, 2.75) is 76.7 Å². The molecule has 0 saturated heterocycles. The van der Waals surface area contributed by atoms with E-state index in [9.17, 15) is 0 Å². The molecule has 1 aliphatic rings. The third-order valence-electron chi connectivity index (χ3n) is 7.02. The van der Waals surface area contributed by atoms with E-state index in [1.54, 1.807) is 26.0 Å². The van der Waals surface area contributed by atoms with E-state index in [1.807, 2.05) is 26.8 Å². The highest BCUT2D eigenvalue weighted by atomic mass is 19.4. The quantitative estimate of drug-likeness (QED) is 0.225. The largest absolute Gasteiger partial charge is 0.490 e. The van der Waals surface area contributed by atoms with Gasteiger partial charge in [0.05, 0.1) is 6.10 Å². The summed E-state index contributed by atoms with van der Waals surface area (Å²) in [6.45, 7) is 16.4. The van der Waals surface area contributed by atoms with Crippen molar-refractivity contribution in [1.29, 1.82) is 0 Å². The van der Waals surface area contributed by atoms with E-state index >= 15 is 26.3 Å². The van der Waals surface area contributed by atoms with Crippen molar-refractivity contribution in [3.8, 4) is 5.75 Å². The zero-order chi connectivity index (χ0) is 30.8. The Kier molecular flexibility index (Phi) is 9.21. The zero-order valence-electron chi connectivity index (χ0n) is 24.0. The summed E-state index contributed by atoms with van der Waals surface area (Å²) >= 11 is 0. The lowest BCUT2D eigenvalue weighted by molar-refractivity contribution is -0.288. The number of allylic oxidation sites excluding steroid dienone is 8. The summed E-state index contributed by atoms with van der Waals surface area (Å²) in [5.41, 5.74) is -4.93. The average molecular weight is 575 g/mol. The summed E-state index contributed by atoms with van der Waals surface area (Å²) in [4.78, 5) is 0. The van der Waals surface area contributed by atoms with E-state index in [2.05, 4.69) is 13.2 Å². The van der Waals surface area contributed by atoms with E-state index in [4.69, 9.17) is 4.74 Å². The van der Waals surface area contributed by atoms with Crippen LogP contribution in [0, 0.1) is 0 Å². The first-order chi connectivity index (χ1) is 19.0. The van der Waals surface area contributed by atoms with Crippen LogP contribution in [0.2, 0.25) is 0 Å². The maximum Gasteiger partial charge on any atom is 0.411 e. The molecule has 0 saturated carbocycles. The predicted octanol–water partition coefficient (Wildman–Crippen LogP) is 10.7. The molecule has 3 rings (SSSR count). The molecular weight excluding hydrogens is 538 g/mol. The zero-order valence-corrected chi connectivity index (χ0v) is 24.0. The Morgan fingerprint density at radius 3 is 1.98 bits per heavy atom. The first-order valence-corrected chi connectivity index (χ1v) is 13.4. The van der Waals surface area contributed by atoms with Crippen LogP contribution in [0.5, 0.6) is 5.75 Å². The van der Waals surface area contributed by atoms with E-state index in [1.165, 1.54) is 30.4 Å². The van der Waals surface area contributed by atoms with Crippen LogP contribution < -0.4 is 4.74 Å². The smallest absolute Gasteiger partial charge is 0.411 e. The fourth-order valence-electron chi connectivity index (χ4n) is 5.21. The van der Waals surface area contributed by atoms with Gasteiger partial charge >= 0.3 is 12.4 Å². The Balaban J connectivity index is 2.50. The van der Waals surface area contributed by atoms with Gasteiger partial charge in [-0.1, -0.05) is 88.6 Å². The predicted molar refractivity (Wildman–Crippen MR) is 155 cm³/mol. The number of rotatable bonds is 8. The van der Waals surface area contributed by atoms with Crippen molar-refractivity contribution >= 4 is 11.1 Å². The molecule has 0 spiro atoms.